The second kappa shape index (κ2) is 3.58. The number of aliphatic hydroxyl groups excluding tert-OH is 1. The molecule has 1 unspecified atom stereocenters. The topological polar surface area (TPSA) is 116 Å². The molecule has 0 saturated heterocycles. The summed E-state index contributed by atoms with van der Waals surface area (Å²) in [5.74, 6) is -1.19. The van der Waals surface area contributed by atoms with Gasteiger partial charge in [0.1, 0.15) is 0 Å². The minimum atomic E-state index is -2.00. The molecule has 0 radical (unpaired) electrons. The van der Waals surface area contributed by atoms with Gasteiger partial charge in [-0.25, -0.2) is 4.79 Å². The standard InChI is InChI=1S/C6H11N3O4/c7-4(10)5(11)9(13)6(12)8-3-1-2-3/h3,5,11,13H,1-2H2,(H2,7,10)(H,8,12). The van der Waals surface area contributed by atoms with Crippen molar-refractivity contribution in [3.05, 3.63) is 0 Å². The summed E-state index contributed by atoms with van der Waals surface area (Å²) in [6.07, 6.45) is -0.322. The van der Waals surface area contributed by atoms with Crippen LogP contribution < -0.4 is 11.1 Å². The van der Waals surface area contributed by atoms with Crippen molar-refractivity contribution >= 4 is 11.9 Å². The van der Waals surface area contributed by atoms with Crippen LogP contribution in [0.1, 0.15) is 12.8 Å². The number of urea groups is 1. The zero-order chi connectivity index (χ0) is 10.0. The van der Waals surface area contributed by atoms with Crippen LogP contribution in [0.4, 0.5) is 4.79 Å². The molecule has 1 aliphatic rings. The molecule has 0 aromatic carbocycles. The molecule has 7 nitrogen and oxygen atoms in total. The highest BCUT2D eigenvalue weighted by molar-refractivity contribution is 5.83. The van der Waals surface area contributed by atoms with E-state index >= 15 is 0 Å². The molecule has 1 atom stereocenters. The van der Waals surface area contributed by atoms with Gasteiger partial charge in [-0.1, -0.05) is 0 Å². The second-order valence-electron chi connectivity index (χ2n) is 2.84. The molecule has 0 heterocycles. The zero-order valence-corrected chi connectivity index (χ0v) is 6.80. The number of nitrogens with zero attached hydrogens (tertiary/aromatic N) is 1. The van der Waals surface area contributed by atoms with Crippen LogP contribution in [-0.4, -0.2) is 39.6 Å². The Kier molecular flexibility index (Phi) is 2.69. The summed E-state index contributed by atoms with van der Waals surface area (Å²) in [5.41, 5.74) is 4.65. The van der Waals surface area contributed by atoms with Crippen LogP contribution in [0.5, 0.6) is 0 Å². The van der Waals surface area contributed by atoms with Crippen LogP contribution in [0.2, 0.25) is 0 Å². The van der Waals surface area contributed by atoms with E-state index in [9.17, 15) is 9.59 Å². The molecule has 5 N–H and O–H groups in total. The molecule has 1 rings (SSSR count). The first-order valence-corrected chi connectivity index (χ1v) is 3.78. The fourth-order valence-electron chi connectivity index (χ4n) is 0.700. The fraction of sp³-hybridized carbons (Fsp3) is 0.667. The number of nitrogens with two attached hydrogens (primary N) is 1. The maximum atomic E-state index is 10.9. The third-order valence-electron chi connectivity index (χ3n) is 1.60. The molecule has 0 spiro atoms. The Balaban J connectivity index is 2.39. The van der Waals surface area contributed by atoms with Crippen molar-refractivity contribution in [2.75, 3.05) is 0 Å². The summed E-state index contributed by atoms with van der Waals surface area (Å²) in [6.45, 7) is 0. The maximum Gasteiger partial charge on any atom is 0.344 e. The van der Waals surface area contributed by atoms with Crippen molar-refractivity contribution in [1.29, 1.82) is 0 Å². The van der Waals surface area contributed by atoms with Gasteiger partial charge in [0.05, 0.1) is 0 Å². The van der Waals surface area contributed by atoms with Gasteiger partial charge in [0.25, 0.3) is 5.91 Å². The lowest BCUT2D eigenvalue weighted by atomic mass is 10.5. The number of rotatable bonds is 3. The zero-order valence-electron chi connectivity index (χ0n) is 6.80. The number of carbonyl (C=O) groups is 2. The molecule has 0 aliphatic heterocycles. The van der Waals surface area contributed by atoms with Gasteiger partial charge in [0.15, 0.2) is 0 Å². The van der Waals surface area contributed by atoms with E-state index in [0.717, 1.165) is 12.8 Å². The van der Waals surface area contributed by atoms with Crippen molar-refractivity contribution < 1.29 is 19.9 Å². The first kappa shape index (κ1) is 9.75. The Morgan fingerprint density at radius 3 is 2.46 bits per heavy atom. The molecule has 1 fully saturated rings. The number of primary amides is 1. The van der Waals surface area contributed by atoms with Crippen molar-refractivity contribution in [2.24, 2.45) is 5.73 Å². The fourth-order valence-corrected chi connectivity index (χ4v) is 0.700. The molecular formula is C6H11N3O4. The minimum absolute atomic E-state index is 0.0298. The number of amides is 3. The number of carbonyl (C=O) groups excluding carboxylic acids is 2. The first-order valence-electron chi connectivity index (χ1n) is 3.78. The average molecular weight is 189 g/mol. The van der Waals surface area contributed by atoms with Gasteiger partial charge in [0, 0.05) is 6.04 Å². The van der Waals surface area contributed by atoms with Gasteiger partial charge in [0.2, 0.25) is 6.23 Å². The van der Waals surface area contributed by atoms with Crippen molar-refractivity contribution in [3.8, 4) is 0 Å². The average Bonchev–Trinajstić information content (AvgIpc) is 2.85. The lowest BCUT2D eigenvalue weighted by molar-refractivity contribution is -0.170. The molecule has 0 bridgehead atoms. The van der Waals surface area contributed by atoms with Crippen LogP contribution in [0.15, 0.2) is 0 Å². The lowest BCUT2D eigenvalue weighted by Gasteiger charge is -2.18. The lowest BCUT2D eigenvalue weighted by Crippen LogP contribution is -2.50. The third-order valence-corrected chi connectivity index (χ3v) is 1.60. The summed E-state index contributed by atoms with van der Waals surface area (Å²) in [6, 6.07) is -0.893. The largest absolute Gasteiger partial charge is 0.366 e. The first-order chi connectivity index (χ1) is 6.02. The number of hydrogen-bond acceptors (Lipinski definition) is 4. The van der Waals surface area contributed by atoms with Crippen LogP contribution >= 0.6 is 0 Å². The van der Waals surface area contributed by atoms with E-state index in [4.69, 9.17) is 10.3 Å². The van der Waals surface area contributed by atoms with Gasteiger partial charge in [-0.15, -0.1) is 0 Å². The highest BCUT2D eigenvalue weighted by Gasteiger charge is 2.29. The van der Waals surface area contributed by atoms with E-state index in [-0.39, 0.29) is 11.1 Å². The van der Waals surface area contributed by atoms with Crippen molar-refractivity contribution in [1.82, 2.24) is 10.4 Å². The summed E-state index contributed by atoms with van der Waals surface area (Å²) in [5, 5.41) is 20.0. The second-order valence-corrected chi connectivity index (χ2v) is 2.84. The van der Waals surface area contributed by atoms with Crippen LogP contribution in [-0.2, 0) is 4.79 Å². The third kappa shape index (κ3) is 2.56. The van der Waals surface area contributed by atoms with E-state index in [2.05, 4.69) is 11.1 Å². The maximum absolute atomic E-state index is 10.9. The highest BCUT2D eigenvalue weighted by atomic mass is 16.6. The van der Waals surface area contributed by atoms with Gasteiger partial charge >= 0.3 is 6.03 Å². The molecule has 1 saturated carbocycles. The number of hydroxylamine groups is 2. The van der Waals surface area contributed by atoms with Crippen LogP contribution in [0, 0.1) is 0 Å². The van der Waals surface area contributed by atoms with E-state index < -0.39 is 18.2 Å². The Morgan fingerprint density at radius 1 is 1.54 bits per heavy atom. The van der Waals surface area contributed by atoms with Crippen molar-refractivity contribution in [3.63, 3.8) is 0 Å². The molecule has 3 amide bonds. The number of nitrogens with one attached hydrogen (secondary N) is 1. The molecule has 0 aromatic rings. The minimum Gasteiger partial charge on any atom is -0.366 e. The van der Waals surface area contributed by atoms with Gasteiger partial charge < -0.3 is 16.2 Å². The molecule has 7 heteroatoms. The van der Waals surface area contributed by atoms with Crippen LogP contribution in [0.3, 0.4) is 0 Å². The van der Waals surface area contributed by atoms with Gasteiger partial charge in [-0.3, -0.25) is 10.0 Å². The number of aliphatic hydroxyl groups is 1. The van der Waals surface area contributed by atoms with Crippen molar-refractivity contribution in [2.45, 2.75) is 25.1 Å². The Morgan fingerprint density at radius 2 is 2.08 bits per heavy atom. The SMILES string of the molecule is NC(=O)C(O)N(O)C(=O)NC1CC1. The van der Waals surface area contributed by atoms with Gasteiger partial charge in [-0.2, -0.15) is 5.06 Å². The molecular weight excluding hydrogens is 178 g/mol. The number of hydrogen-bond donors (Lipinski definition) is 4. The predicted molar refractivity (Wildman–Crippen MR) is 40.4 cm³/mol. The summed E-state index contributed by atoms with van der Waals surface area (Å²) < 4.78 is 0. The molecule has 1 aliphatic carbocycles. The molecule has 13 heavy (non-hydrogen) atoms. The van der Waals surface area contributed by atoms with E-state index in [1.165, 1.54) is 0 Å². The summed E-state index contributed by atoms with van der Waals surface area (Å²) in [4.78, 5) is 21.3. The molecule has 0 aromatic heterocycles. The van der Waals surface area contributed by atoms with E-state index in [0.29, 0.717) is 0 Å². The molecule has 74 valence electrons. The van der Waals surface area contributed by atoms with E-state index in [1.807, 2.05) is 0 Å². The Bertz CT molecular complexity index is 228. The summed E-state index contributed by atoms with van der Waals surface area (Å²) in [7, 11) is 0. The Labute approximate surface area is 74.1 Å². The Hall–Kier alpha value is -1.34. The monoisotopic (exact) mass is 189 g/mol. The van der Waals surface area contributed by atoms with Gasteiger partial charge in [-0.05, 0) is 12.8 Å². The smallest absolute Gasteiger partial charge is 0.344 e. The normalized spacial score (nSPS) is 17.7. The van der Waals surface area contributed by atoms with Crippen LogP contribution in [0.25, 0.3) is 0 Å². The van der Waals surface area contributed by atoms with E-state index in [1.54, 1.807) is 0 Å². The quantitative estimate of drug-likeness (QED) is 0.242. The summed E-state index contributed by atoms with van der Waals surface area (Å²) >= 11 is 0. The highest BCUT2D eigenvalue weighted by Crippen LogP contribution is 2.18. The predicted octanol–water partition coefficient (Wildman–Crippen LogP) is -1.65.